The second-order valence-corrected chi connectivity index (χ2v) is 4.11. The molecule has 1 unspecified atom stereocenters. The van der Waals surface area contributed by atoms with Gasteiger partial charge in [0.25, 0.3) is 0 Å². The van der Waals surface area contributed by atoms with Gasteiger partial charge < -0.3 is 10.8 Å². The van der Waals surface area contributed by atoms with E-state index >= 15 is 0 Å². The molecule has 5 heteroatoms. The van der Waals surface area contributed by atoms with E-state index in [1.807, 2.05) is 4.90 Å². The first-order valence-corrected chi connectivity index (χ1v) is 5.01. The fourth-order valence-corrected chi connectivity index (χ4v) is 1.88. The molecule has 1 aliphatic heterocycles. The Morgan fingerprint density at radius 1 is 1.77 bits per heavy atom. The standard InChI is InChI=1S/C8H16N2O2S/c9-4-6(13)5-10-3-1-2-7(10)8(11)12/h6-7,13H,1-5,9H2,(H,11,12)/t6?,7-/m0/s1. The summed E-state index contributed by atoms with van der Waals surface area (Å²) in [4.78, 5) is 12.7. The second-order valence-electron chi connectivity index (χ2n) is 3.38. The summed E-state index contributed by atoms with van der Waals surface area (Å²) in [6.07, 6.45) is 1.71. The summed E-state index contributed by atoms with van der Waals surface area (Å²) < 4.78 is 0. The fourth-order valence-electron chi connectivity index (χ4n) is 1.67. The minimum atomic E-state index is -0.727. The van der Waals surface area contributed by atoms with Crippen molar-refractivity contribution in [3.8, 4) is 0 Å². The zero-order valence-electron chi connectivity index (χ0n) is 7.52. The number of carboxylic acids is 1. The number of hydrogen-bond acceptors (Lipinski definition) is 4. The van der Waals surface area contributed by atoms with E-state index in [9.17, 15) is 4.79 Å². The quantitative estimate of drug-likeness (QED) is 0.554. The Kier molecular flexibility index (Phi) is 4.02. The predicted octanol–water partition coefficient (Wildman–Crippen LogP) is -0.208. The van der Waals surface area contributed by atoms with Crippen molar-refractivity contribution in [1.29, 1.82) is 0 Å². The fraction of sp³-hybridized carbons (Fsp3) is 0.875. The summed E-state index contributed by atoms with van der Waals surface area (Å²) in [6.45, 7) is 2.02. The number of aliphatic carboxylic acids is 1. The lowest BCUT2D eigenvalue weighted by Gasteiger charge is -2.23. The molecule has 4 nitrogen and oxygen atoms in total. The number of carboxylic acid groups (broad SMARTS) is 1. The molecule has 13 heavy (non-hydrogen) atoms. The Bertz CT molecular complexity index is 189. The summed E-state index contributed by atoms with van der Waals surface area (Å²) in [7, 11) is 0. The van der Waals surface area contributed by atoms with Crippen LogP contribution >= 0.6 is 12.6 Å². The van der Waals surface area contributed by atoms with E-state index in [2.05, 4.69) is 12.6 Å². The van der Waals surface area contributed by atoms with Crippen molar-refractivity contribution in [1.82, 2.24) is 4.90 Å². The summed E-state index contributed by atoms with van der Waals surface area (Å²) in [5.41, 5.74) is 5.42. The van der Waals surface area contributed by atoms with E-state index < -0.39 is 5.97 Å². The maximum Gasteiger partial charge on any atom is 0.320 e. The van der Waals surface area contributed by atoms with Crippen LogP contribution in [0.15, 0.2) is 0 Å². The van der Waals surface area contributed by atoms with Crippen LogP contribution in [0, 0.1) is 0 Å². The van der Waals surface area contributed by atoms with E-state index in [4.69, 9.17) is 10.8 Å². The number of thiol groups is 1. The maximum absolute atomic E-state index is 10.8. The van der Waals surface area contributed by atoms with Crippen LogP contribution in [0.2, 0.25) is 0 Å². The Morgan fingerprint density at radius 3 is 3.00 bits per heavy atom. The van der Waals surface area contributed by atoms with Gasteiger partial charge in [0, 0.05) is 18.3 Å². The van der Waals surface area contributed by atoms with Gasteiger partial charge in [-0.2, -0.15) is 12.6 Å². The molecule has 0 aliphatic carbocycles. The van der Waals surface area contributed by atoms with Crippen molar-refractivity contribution in [3.63, 3.8) is 0 Å². The SMILES string of the molecule is NCC(S)CN1CCC[C@H]1C(=O)O. The lowest BCUT2D eigenvalue weighted by atomic mass is 10.2. The van der Waals surface area contributed by atoms with Crippen molar-refractivity contribution < 1.29 is 9.90 Å². The van der Waals surface area contributed by atoms with E-state index in [1.54, 1.807) is 0 Å². The van der Waals surface area contributed by atoms with Crippen LogP contribution in [0.4, 0.5) is 0 Å². The average molecular weight is 204 g/mol. The Labute approximate surface area is 83.5 Å². The van der Waals surface area contributed by atoms with Crippen molar-refractivity contribution >= 4 is 18.6 Å². The number of rotatable bonds is 4. The third-order valence-electron chi connectivity index (χ3n) is 2.37. The van der Waals surface area contributed by atoms with E-state index in [1.165, 1.54) is 0 Å². The largest absolute Gasteiger partial charge is 0.480 e. The highest BCUT2D eigenvalue weighted by molar-refractivity contribution is 7.81. The highest BCUT2D eigenvalue weighted by atomic mass is 32.1. The van der Waals surface area contributed by atoms with Gasteiger partial charge in [0.05, 0.1) is 0 Å². The molecule has 0 amide bonds. The number of hydrogen-bond donors (Lipinski definition) is 3. The van der Waals surface area contributed by atoms with Gasteiger partial charge in [-0.3, -0.25) is 9.69 Å². The van der Waals surface area contributed by atoms with Gasteiger partial charge in [-0.25, -0.2) is 0 Å². The molecule has 0 saturated carbocycles. The molecular formula is C8H16N2O2S. The molecule has 2 atom stereocenters. The van der Waals surface area contributed by atoms with Crippen molar-refractivity contribution in [3.05, 3.63) is 0 Å². The van der Waals surface area contributed by atoms with Gasteiger partial charge in [0.15, 0.2) is 0 Å². The van der Waals surface area contributed by atoms with Crippen LogP contribution < -0.4 is 5.73 Å². The third-order valence-corrected chi connectivity index (χ3v) is 2.74. The van der Waals surface area contributed by atoms with E-state index in [0.717, 1.165) is 19.4 Å². The Balaban J connectivity index is 2.44. The zero-order valence-corrected chi connectivity index (χ0v) is 8.41. The van der Waals surface area contributed by atoms with Gasteiger partial charge >= 0.3 is 5.97 Å². The van der Waals surface area contributed by atoms with Gasteiger partial charge in [-0.15, -0.1) is 0 Å². The predicted molar refractivity (Wildman–Crippen MR) is 54.1 cm³/mol. The van der Waals surface area contributed by atoms with Gasteiger partial charge in [-0.05, 0) is 19.4 Å². The van der Waals surface area contributed by atoms with Crippen LogP contribution in [0.1, 0.15) is 12.8 Å². The van der Waals surface area contributed by atoms with Crippen molar-refractivity contribution in [2.45, 2.75) is 24.1 Å². The zero-order chi connectivity index (χ0) is 9.84. The maximum atomic E-state index is 10.8. The molecule has 1 heterocycles. The first-order valence-electron chi connectivity index (χ1n) is 4.50. The Hall–Kier alpha value is -0.260. The van der Waals surface area contributed by atoms with Crippen LogP contribution in [0.5, 0.6) is 0 Å². The van der Waals surface area contributed by atoms with Crippen LogP contribution in [-0.4, -0.2) is 46.9 Å². The third kappa shape index (κ3) is 2.86. The Morgan fingerprint density at radius 2 is 2.46 bits per heavy atom. The number of likely N-dealkylation sites (tertiary alicyclic amines) is 1. The minimum absolute atomic E-state index is 0.0833. The number of nitrogens with two attached hydrogens (primary N) is 1. The summed E-state index contributed by atoms with van der Waals surface area (Å²) in [6, 6.07) is -0.318. The molecule has 76 valence electrons. The minimum Gasteiger partial charge on any atom is -0.480 e. The van der Waals surface area contributed by atoms with Gasteiger partial charge in [0.2, 0.25) is 0 Å². The molecule has 0 radical (unpaired) electrons. The molecule has 1 aliphatic rings. The highest BCUT2D eigenvalue weighted by Gasteiger charge is 2.30. The average Bonchev–Trinajstić information content (AvgIpc) is 2.52. The smallest absolute Gasteiger partial charge is 0.320 e. The lowest BCUT2D eigenvalue weighted by molar-refractivity contribution is -0.142. The van der Waals surface area contributed by atoms with E-state index in [-0.39, 0.29) is 11.3 Å². The normalized spacial score (nSPS) is 26.2. The van der Waals surface area contributed by atoms with Crippen LogP contribution in [0.25, 0.3) is 0 Å². The number of carbonyl (C=O) groups is 1. The summed E-state index contributed by atoms with van der Waals surface area (Å²) in [5, 5.41) is 8.95. The summed E-state index contributed by atoms with van der Waals surface area (Å²) >= 11 is 4.25. The van der Waals surface area contributed by atoms with Crippen molar-refractivity contribution in [2.75, 3.05) is 19.6 Å². The molecular weight excluding hydrogens is 188 g/mol. The van der Waals surface area contributed by atoms with Crippen LogP contribution in [0.3, 0.4) is 0 Å². The van der Waals surface area contributed by atoms with Gasteiger partial charge in [0.1, 0.15) is 6.04 Å². The lowest BCUT2D eigenvalue weighted by Crippen LogP contribution is -2.41. The molecule has 0 aromatic heterocycles. The number of nitrogens with zero attached hydrogens (tertiary/aromatic N) is 1. The molecule has 0 spiro atoms. The van der Waals surface area contributed by atoms with Crippen LogP contribution in [-0.2, 0) is 4.79 Å². The molecule has 0 bridgehead atoms. The second kappa shape index (κ2) is 4.83. The molecule has 0 aromatic rings. The topological polar surface area (TPSA) is 66.6 Å². The molecule has 1 saturated heterocycles. The van der Waals surface area contributed by atoms with E-state index in [0.29, 0.717) is 13.1 Å². The molecule has 1 fully saturated rings. The molecule has 0 aromatic carbocycles. The highest BCUT2D eigenvalue weighted by Crippen LogP contribution is 2.18. The first kappa shape index (κ1) is 10.8. The molecule has 1 rings (SSSR count). The van der Waals surface area contributed by atoms with Crippen molar-refractivity contribution in [2.24, 2.45) is 5.73 Å². The molecule has 3 N–H and O–H groups in total. The van der Waals surface area contributed by atoms with Gasteiger partial charge in [-0.1, -0.05) is 0 Å². The first-order chi connectivity index (χ1) is 6.15. The monoisotopic (exact) mass is 204 g/mol. The summed E-state index contributed by atoms with van der Waals surface area (Å²) in [5.74, 6) is -0.727.